The summed E-state index contributed by atoms with van der Waals surface area (Å²) >= 11 is -1.96. The first-order valence-corrected chi connectivity index (χ1v) is 23.3. The number of aryl methyl sites for hydroxylation is 2. The monoisotopic (exact) mass is 674 g/mol. The first-order valence-electron chi connectivity index (χ1n) is 11.9. The van der Waals surface area contributed by atoms with Crippen molar-refractivity contribution in [3.8, 4) is 22.3 Å². The van der Waals surface area contributed by atoms with Crippen molar-refractivity contribution in [1.29, 1.82) is 0 Å². The van der Waals surface area contributed by atoms with E-state index in [1.807, 2.05) is 0 Å². The van der Waals surface area contributed by atoms with E-state index in [9.17, 15) is 0 Å². The summed E-state index contributed by atoms with van der Waals surface area (Å²) in [6, 6.07) is 43.1. The molecule has 180 valence electrons. The van der Waals surface area contributed by atoms with Crippen molar-refractivity contribution in [2.45, 2.75) is 13.8 Å². The van der Waals surface area contributed by atoms with Gasteiger partial charge in [-0.25, -0.2) is 0 Å². The van der Waals surface area contributed by atoms with Crippen LogP contribution >= 0.6 is 17.2 Å². The molecular weight excluding hydrogens is 646 g/mol. The zero-order valence-electron chi connectivity index (χ0n) is 20.5. The Bertz CT molecular complexity index is 1450. The van der Waals surface area contributed by atoms with E-state index in [-0.39, 0.29) is 0 Å². The van der Waals surface area contributed by atoms with Gasteiger partial charge >= 0.3 is 40.0 Å². The van der Waals surface area contributed by atoms with E-state index in [0.717, 1.165) is 0 Å². The zero-order valence-corrected chi connectivity index (χ0v) is 25.6. The van der Waals surface area contributed by atoms with Crippen LogP contribution < -0.4 is 0 Å². The van der Waals surface area contributed by atoms with Gasteiger partial charge in [0.15, 0.2) is 0 Å². The van der Waals surface area contributed by atoms with Gasteiger partial charge in [-0.1, -0.05) is 97.8 Å². The Morgan fingerprint density at radius 1 is 0.556 bits per heavy atom. The summed E-state index contributed by atoms with van der Waals surface area (Å²) in [5.41, 5.74) is 7.89. The molecule has 0 heterocycles. The van der Waals surface area contributed by atoms with Crippen molar-refractivity contribution in [2.24, 2.45) is 0 Å². The van der Waals surface area contributed by atoms with Gasteiger partial charge in [-0.3, -0.25) is 0 Å². The molecule has 0 saturated heterocycles. The van der Waals surface area contributed by atoms with Crippen molar-refractivity contribution in [3.63, 3.8) is 0 Å². The standard InChI is InChI=1S/2C16H13.CH2.2ClH.Hf/c2*1-12-10-14-8-5-9-15(16(14)11-12)13-6-3-2-4-7-13;;;;/h2*2-11H,1H3;1H2;2*1H;/q2*-1;;;;+2/p-2. The summed E-state index contributed by atoms with van der Waals surface area (Å²) in [5.74, 6) is 0. The van der Waals surface area contributed by atoms with E-state index >= 15 is 0 Å². The summed E-state index contributed by atoms with van der Waals surface area (Å²) in [5, 5.41) is 5.37. The number of halogens is 2. The minimum atomic E-state index is -1.96. The first kappa shape index (κ1) is 26.5. The van der Waals surface area contributed by atoms with Gasteiger partial charge in [0.25, 0.3) is 0 Å². The predicted octanol–water partition coefficient (Wildman–Crippen LogP) is 10.4. The molecule has 3 heteroatoms. The number of hydrogen-bond acceptors (Lipinski definition) is 0. The molecule has 0 unspecified atom stereocenters. The van der Waals surface area contributed by atoms with Crippen LogP contribution in [0.1, 0.15) is 11.1 Å². The summed E-state index contributed by atoms with van der Waals surface area (Å²) in [7, 11) is 10.3. The van der Waals surface area contributed by atoms with Gasteiger partial charge in [-0.2, -0.15) is 12.1 Å². The van der Waals surface area contributed by atoms with Crippen molar-refractivity contribution >= 4 is 43.0 Å². The quantitative estimate of drug-likeness (QED) is 0.127. The molecule has 0 radical (unpaired) electrons. The molecule has 0 aliphatic heterocycles. The topological polar surface area (TPSA) is 0 Å². The molecule has 0 N–H and O–H groups in total. The van der Waals surface area contributed by atoms with Crippen molar-refractivity contribution in [3.05, 3.63) is 132 Å². The molecule has 6 rings (SSSR count). The Morgan fingerprint density at radius 2 is 0.917 bits per heavy atom. The molecule has 0 aromatic heterocycles. The fraction of sp³-hybridized carbons (Fsp3) is 0.0606. The zero-order chi connectivity index (χ0) is 25.5. The molecule has 0 fully saturated rings. The van der Waals surface area contributed by atoms with Gasteiger partial charge in [0.2, 0.25) is 0 Å². The molecule has 6 aromatic carbocycles. The minimum absolute atomic E-state index is 1.29. The van der Waals surface area contributed by atoms with Crippen LogP contribution in [0.25, 0.3) is 43.8 Å². The summed E-state index contributed by atoms with van der Waals surface area (Å²) in [4.78, 5) is 0. The molecule has 0 spiro atoms. The predicted molar refractivity (Wildman–Crippen MR) is 158 cm³/mol. The number of benzene rings is 4. The maximum absolute atomic E-state index is 5.14. The van der Waals surface area contributed by atoms with E-state index in [4.69, 9.17) is 17.2 Å². The van der Waals surface area contributed by atoms with E-state index in [1.165, 1.54) is 54.9 Å². The molecule has 0 aliphatic carbocycles. The van der Waals surface area contributed by atoms with E-state index in [2.05, 4.69) is 139 Å². The molecule has 0 bridgehead atoms. The van der Waals surface area contributed by atoms with E-state index < -0.39 is 18.6 Å². The Balaban J connectivity index is 0.000000148. The summed E-state index contributed by atoms with van der Waals surface area (Å²) in [6.07, 6.45) is 0. The van der Waals surface area contributed by atoms with Crippen LogP contribution in [0.5, 0.6) is 0 Å². The van der Waals surface area contributed by atoms with E-state index in [1.54, 1.807) is 0 Å². The molecule has 0 amide bonds. The molecule has 6 aromatic rings. The van der Waals surface area contributed by atoms with Crippen LogP contribution in [-0.4, -0.2) is 4.26 Å². The SMILES string of the molecule is Cc1cc2c(-c3ccccc3)cccc2[cH-]1.Cc1cc2c(-c3ccccc3)cccc2[cH-]1.[CH2]=[Hf]([Cl])[Cl]. The fourth-order valence-electron chi connectivity index (χ4n) is 4.51. The molecule has 0 saturated carbocycles. The third-order valence-electron chi connectivity index (χ3n) is 5.96. The van der Waals surface area contributed by atoms with Crippen molar-refractivity contribution in [2.75, 3.05) is 0 Å². The van der Waals surface area contributed by atoms with Gasteiger partial charge in [0.1, 0.15) is 0 Å². The second kappa shape index (κ2) is 12.6. The Hall–Kier alpha value is -2.58. The van der Waals surface area contributed by atoms with Crippen LogP contribution in [0.3, 0.4) is 0 Å². The Kier molecular flexibility index (Phi) is 9.26. The van der Waals surface area contributed by atoms with Crippen LogP contribution in [-0.2, 0) is 18.6 Å². The summed E-state index contributed by atoms with van der Waals surface area (Å²) < 4.78 is 3.38. The van der Waals surface area contributed by atoms with Gasteiger partial charge in [0.05, 0.1) is 0 Å². The molecule has 36 heavy (non-hydrogen) atoms. The number of hydrogen-bond donors (Lipinski definition) is 0. The maximum atomic E-state index is 5.14. The molecular formula is C33H28Cl2Hf-2. The molecule has 0 nitrogen and oxygen atoms in total. The third kappa shape index (κ3) is 6.79. The normalized spacial score (nSPS) is 10.3. The van der Waals surface area contributed by atoms with Crippen LogP contribution in [0, 0.1) is 13.8 Å². The van der Waals surface area contributed by atoms with E-state index in [0.29, 0.717) is 0 Å². The Morgan fingerprint density at radius 3 is 1.28 bits per heavy atom. The average molecular weight is 674 g/mol. The summed E-state index contributed by atoms with van der Waals surface area (Å²) in [6.45, 7) is 4.30. The molecule has 0 atom stereocenters. The first-order chi connectivity index (χ1) is 17.4. The van der Waals surface area contributed by atoms with Crippen LogP contribution in [0.15, 0.2) is 121 Å². The fourth-order valence-corrected chi connectivity index (χ4v) is 4.51. The second-order valence-corrected chi connectivity index (χ2v) is 20.2. The third-order valence-corrected chi connectivity index (χ3v) is 5.96. The van der Waals surface area contributed by atoms with Crippen LogP contribution in [0.2, 0.25) is 0 Å². The van der Waals surface area contributed by atoms with Gasteiger partial charge in [-0.05, 0) is 11.1 Å². The van der Waals surface area contributed by atoms with Gasteiger partial charge in [-0.15, -0.1) is 69.1 Å². The Labute approximate surface area is 228 Å². The van der Waals surface area contributed by atoms with Crippen LogP contribution in [0.4, 0.5) is 0 Å². The molecule has 0 aliphatic rings. The number of rotatable bonds is 2. The second-order valence-electron chi connectivity index (χ2n) is 8.75. The number of fused-ring (bicyclic) bond motifs is 2. The van der Waals surface area contributed by atoms with Crippen molar-refractivity contribution < 1.29 is 18.6 Å². The van der Waals surface area contributed by atoms with Gasteiger partial charge < -0.3 is 0 Å². The average Bonchev–Trinajstić information content (AvgIpc) is 3.45. The van der Waals surface area contributed by atoms with Crippen molar-refractivity contribution in [1.82, 2.24) is 0 Å². The van der Waals surface area contributed by atoms with Gasteiger partial charge in [0, 0.05) is 0 Å².